The summed E-state index contributed by atoms with van der Waals surface area (Å²) < 4.78 is 26.8. The smallest absolute Gasteiger partial charge is 0.407 e. The maximum absolute atomic E-state index is 14.7. The second kappa shape index (κ2) is 14.6. The van der Waals surface area contributed by atoms with Crippen LogP contribution < -0.4 is 11.1 Å². The number of nitrogens with one attached hydrogen (secondary N) is 1. The van der Waals surface area contributed by atoms with Gasteiger partial charge in [-0.25, -0.2) is 14.0 Å². The van der Waals surface area contributed by atoms with Crippen LogP contribution >= 0.6 is 0 Å². The summed E-state index contributed by atoms with van der Waals surface area (Å²) in [6, 6.07) is 7.92. The predicted molar refractivity (Wildman–Crippen MR) is 176 cm³/mol. The maximum atomic E-state index is 14.7. The summed E-state index contributed by atoms with van der Waals surface area (Å²) in [5.41, 5.74) is 6.59. The van der Waals surface area contributed by atoms with Gasteiger partial charge in [-0.05, 0) is 89.7 Å². The number of hydrogen-bond acceptors (Lipinski definition) is 6. The Kier molecular flexibility index (Phi) is 10.8. The average Bonchev–Trinajstić information content (AvgIpc) is 3.62. The van der Waals surface area contributed by atoms with Crippen molar-refractivity contribution in [2.45, 2.75) is 116 Å². The van der Waals surface area contributed by atoms with E-state index in [-0.39, 0.29) is 30.3 Å². The molecule has 258 valence electrons. The first kappa shape index (κ1) is 34.7. The van der Waals surface area contributed by atoms with E-state index in [2.05, 4.69) is 5.32 Å². The third kappa shape index (κ3) is 7.59. The minimum atomic E-state index is -0.808. The highest BCUT2D eigenvalue weighted by atomic mass is 19.1. The Hall–Kier alpha value is -3.63. The van der Waals surface area contributed by atoms with E-state index < -0.39 is 54.4 Å². The molecule has 2 heterocycles. The number of esters is 1. The zero-order valence-corrected chi connectivity index (χ0v) is 28.2. The molecule has 4 atom stereocenters. The number of hydrogen-bond donors (Lipinski definition) is 2. The van der Waals surface area contributed by atoms with Gasteiger partial charge in [0, 0.05) is 11.3 Å². The lowest BCUT2D eigenvalue weighted by Gasteiger charge is -2.38. The molecule has 2 aliphatic carbocycles. The third-order valence-electron chi connectivity index (χ3n) is 10.4. The number of para-hydroxylation sites is 1. The van der Waals surface area contributed by atoms with Gasteiger partial charge in [0.1, 0.15) is 30.2 Å². The van der Waals surface area contributed by atoms with Crippen LogP contribution in [0.3, 0.4) is 0 Å². The normalized spacial score (nSPS) is 26.1. The van der Waals surface area contributed by atoms with Crippen LogP contribution in [0.4, 0.5) is 9.18 Å². The highest BCUT2D eigenvalue weighted by Gasteiger charge is 2.52. The molecule has 3 aliphatic rings. The maximum Gasteiger partial charge on any atom is 0.407 e. The number of carbonyl (C=O) groups is 4. The Balaban J connectivity index is 1.45. The molecule has 2 unspecified atom stereocenters. The van der Waals surface area contributed by atoms with E-state index in [4.69, 9.17) is 15.2 Å². The number of aromatic nitrogens is 1. The average molecular weight is 655 g/mol. The van der Waals surface area contributed by atoms with Crippen LogP contribution in [0.5, 0.6) is 0 Å². The van der Waals surface area contributed by atoms with Gasteiger partial charge in [0.15, 0.2) is 0 Å². The van der Waals surface area contributed by atoms with Crippen molar-refractivity contribution in [1.29, 1.82) is 0 Å². The molecular formula is C36H51FN4O6. The summed E-state index contributed by atoms with van der Waals surface area (Å²) in [5, 5.41) is 3.53. The molecule has 3 fully saturated rings. The number of halogens is 1. The molecule has 0 bridgehead atoms. The number of nitrogens with zero attached hydrogens (tertiary/aromatic N) is 2. The van der Waals surface area contributed by atoms with E-state index in [0.717, 1.165) is 43.0 Å². The summed E-state index contributed by atoms with van der Waals surface area (Å²) in [6.07, 6.45) is 6.52. The van der Waals surface area contributed by atoms with E-state index in [0.29, 0.717) is 37.8 Å². The molecule has 3 N–H and O–H groups in total. The molecule has 1 saturated heterocycles. The minimum Gasteiger partial charge on any atom is -0.461 e. The molecule has 5 rings (SSSR count). The van der Waals surface area contributed by atoms with Crippen LogP contribution in [-0.4, -0.2) is 64.3 Å². The van der Waals surface area contributed by atoms with Crippen molar-refractivity contribution in [1.82, 2.24) is 14.8 Å². The minimum absolute atomic E-state index is 0.136. The Labute approximate surface area is 276 Å². The van der Waals surface area contributed by atoms with E-state index in [9.17, 15) is 23.6 Å². The van der Waals surface area contributed by atoms with Crippen molar-refractivity contribution in [3.8, 4) is 0 Å². The van der Waals surface area contributed by atoms with Crippen LogP contribution in [0.2, 0.25) is 0 Å². The molecule has 0 radical (unpaired) electrons. The van der Waals surface area contributed by atoms with Crippen molar-refractivity contribution in [2.75, 3.05) is 13.3 Å². The molecule has 11 heteroatoms. The van der Waals surface area contributed by atoms with Crippen LogP contribution in [0.1, 0.15) is 109 Å². The zero-order valence-electron chi connectivity index (χ0n) is 28.2. The molecule has 1 aliphatic heterocycles. The lowest BCUT2D eigenvalue weighted by molar-refractivity contribution is -0.146. The standard InChI is InChI=1S/C36H51FN4O6/c1-5-46-34(44)29-19-25-13-9-10-14-28(25)40(29)30-20-26(22-11-7-6-8-12-22)31(32(38)42)41(30)33(43)24-17-15-23(16-18-24)27(21-37)39-35(45)47-36(2,3)4/h9-10,13-14,19,22-24,26-27,30-31H,5-8,11-12,15-18,20-21H2,1-4H3,(H2,38,42)(H,39,45)/t23?,24?,26-,27?,30?,31-/m0/s1. The van der Waals surface area contributed by atoms with E-state index in [1.807, 2.05) is 28.8 Å². The second-order valence-corrected chi connectivity index (χ2v) is 14.6. The molecule has 2 saturated carbocycles. The quantitative estimate of drug-likeness (QED) is 0.307. The Bertz CT molecular complexity index is 1440. The first-order chi connectivity index (χ1) is 22.4. The highest BCUT2D eigenvalue weighted by Crippen LogP contribution is 2.48. The number of carbonyl (C=O) groups excluding carboxylic acids is 4. The van der Waals surface area contributed by atoms with Crippen LogP contribution in [0.15, 0.2) is 30.3 Å². The van der Waals surface area contributed by atoms with Crippen molar-refractivity contribution in [2.24, 2.45) is 29.4 Å². The summed E-state index contributed by atoms with van der Waals surface area (Å²) in [4.78, 5) is 55.5. The summed E-state index contributed by atoms with van der Waals surface area (Å²) in [7, 11) is 0. The van der Waals surface area contributed by atoms with E-state index in [1.54, 1.807) is 38.7 Å². The highest BCUT2D eigenvalue weighted by molar-refractivity contribution is 5.96. The molecule has 0 spiro atoms. The van der Waals surface area contributed by atoms with Crippen LogP contribution in [-0.2, 0) is 19.1 Å². The topological polar surface area (TPSA) is 133 Å². The number of benzene rings is 1. The van der Waals surface area contributed by atoms with Gasteiger partial charge in [0.2, 0.25) is 11.8 Å². The number of nitrogens with two attached hydrogens (primary N) is 1. The lowest BCUT2D eigenvalue weighted by atomic mass is 9.76. The van der Waals surface area contributed by atoms with Gasteiger partial charge >= 0.3 is 12.1 Å². The number of fused-ring (bicyclic) bond motifs is 1. The molecular weight excluding hydrogens is 603 g/mol. The molecule has 3 amide bonds. The number of alkyl carbamates (subject to hydrolysis) is 1. The number of likely N-dealkylation sites (tertiary alicyclic amines) is 1. The molecule has 2 aromatic rings. The van der Waals surface area contributed by atoms with Crippen molar-refractivity contribution in [3.05, 3.63) is 36.0 Å². The van der Waals surface area contributed by atoms with E-state index in [1.165, 1.54) is 0 Å². The van der Waals surface area contributed by atoms with E-state index >= 15 is 0 Å². The summed E-state index contributed by atoms with van der Waals surface area (Å²) >= 11 is 0. The lowest BCUT2D eigenvalue weighted by Crippen LogP contribution is -2.52. The van der Waals surface area contributed by atoms with Crippen molar-refractivity contribution in [3.63, 3.8) is 0 Å². The molecule has 47 heavy (non-hydrogen) atoms. The zero-order chi connectivity index (χ0) is 33.9. The van der Waals surface area contributed by atoms with Crippen LogP contribution in [0, 0.1) is 23.7 Å². The predicted octanol–water partition coefficient (Wildman–Crippen LogP) is 6.27. The molecule has 10 nitrogen and oxygen atoms in total. The van der Waals surface area contributed by atoms with Gasteiger partial charge in [0.25, 0.3) is 0 Å². The van der Waals surface area contributed by atoms with Gasteiger partial charge in [-0.3, -0.25) is 9.59 Å². The summed E-state index contributed by atoms with van der Waals surface area (Å²) in [6.45, 7) is 6.48. The number of alkyl halides is 1. The largest absolute Gasteiger partial charge is 0.461 e. The fourth-order valence-electron chi connectivity index (χ4n) is 8.33. The number of amides is 3. The second-order valence-electron chi connectivity index (χ2n) is 14.6. The first-order valence-corrected chi connectivity index (χ1v) is 17.4. The van der Waals surface area contributed by atoms with Gasteiger partial charge in [-0.1, -0.05) is 50.3 Å². The Morgan fingerprint density at radius 1 is 1.02 bits per heavy atom. The van der Waals surface area contributed by atoms with Gasteiger partial charge in [0.05, 0.1) is 18.2 Å². The number of primary amides is 1. The SMILES string of the molecule is CCOC(=O)c1cc2ccccc2n1C1C[C@@H](C2CCCCC2)[C@@H](C(N)=O)N1C(=O)C1CCC(C(CF)NC(=O)OC(C)(C)C)CC1. The van der Waals surface area contributed by atoms with Gasteiger partial charge in [-0.15, -0.1) is 0 Å². The Morgan fingerprint density at radius 3 is 2.32 bits per heavy atom. The third-order valence-corrected chi connectivity index (χ3v) is 10.4. The monoisotopic (exact) mass is 654 g/mol. The fraction of sp³-hybridized carbons (Fsp3) is 0.667. The van der Waals surface area contributed by atoms with Crippen LogP contribution in [0.25, 0.3) is 10.9 Å². The molecule has 1 aromatic heterocycles. The van der Waals surface area contributed by atoms with Gasteiger partial charge < -0.3 is 30.0 Å². The van der Waals surface area contributed by atoms with Crippen molar-refractivity contribution >= 4 is 34.8 Å². The molecule has 1 aromatic carbocycles. The summed E-state index contributed by atoms with van der Waals surface area (Å²) in [5.74, 6) is -1.63. The number of ether oxygens (including phenoxy) is 2. The Morgan fingerprint density at radius 2 is 1.70 bits per heavy atom. The van der Waals surface area contributed by atoms with Gasteiger partial charge in [-0.2, -0.15) is 0 Å². The first-order valence-electron chi connectivity index (χ1n) is 17.4. The number of rotatable bonds is 9. The van der Waals surface area contributed by atoms with Crippen molar-refractivity contribution < 1.29 is 33.0 Å². The fourth-order valence-corrected chi connectivity index (χ4v) is 8.33.